The van der Waals surface area contributed by atoms with Crippen molar-refractivity contribution in [2.75, 3.05) is 0 Å². The zero-order chi connectivity index (χ0) is 21.8. The number of hydrogen-bond acceptors (Lipinski definition) is 2. The van der Waals surface area contributed by atoms with Crippen molar-refractivity contribution in [2.24, 2.45) is 35.5 Å². The third-order valence-electron chi connectivity index (χ3n) is 8.55. The van der Waals surface area contributed by atoms with Gasteiger partial charge in [0.05, 0.1) is 5.92 Å². The number of fused-ring (bicyclic) bond motifs is 1. The molecule has 2 nitrogen and oxygen atoms in total. The molecule has 3 aliphatic carbocycles. The molecule has 31 heavy (non-hydrogen) atoms. The quantitative estimate of drug-likeness (QED) is 0.267. The standard InChI is InChI=1S/C28H39FO2/c1-3-4-5-21-14-15-26(18-27(21)29)31-28(30)22-10-8-20(9-11-22)24-13-12-23-16-19(2)6-7-25(23)17-24/h3,14-15,18-20,22-25H,1,4-13,16-17H2,2H3. The molecule has 4 unspecified atom stereocenters. The number of aryl methyl sites for hydroxylation is 1. The third kappa shape index (κ3) is 5.59. The van der Waals surface area contributed by atoms with Crippen LogP contribution in [0.25, 0.3) is 0 Å². The summed E-state index contributed by atoms with van der Waals surface area (Å²) in [5, 5.41) is 0. The lowest BCUT2D eigenvalue weighted by Gasteiger charge is -2.44. The highest BCUT2D eigenvalue weighted by atomic mass is 19.1. The van der Waals surface area contributed by atoms with Gasteiger partial charge in [0.1, 0.15) is 11.6 Å². The van der Waals surface area contributed by atoms with E-state index in [9.17, 15) is 9.18 Å². The molecule has 4 atom stereocenters. The third-order valence-corrected chi connectivity index (χ3v) is 8.55. The highest BCUT2D eigenvalue weighted by Gasteiger charge is 2.38. The second kappa shape index (κ2) is 10.3. The Hall–Kier alpha value is -1.64. The molecule has 1 aromatic rings. The van der Waals surface area contributed by atoms with Gasteiger partial charge in [0.2, 0.25) is 0 Å². The highest BCUT2D eigenvalue weighted by Crippen LogP contribution is 2.49. The lowest BCUT2D eigenvalue weighted by molar-refractivity contribution is -0.140. The van der Waals surface area contributed by atoms with E-state index >= 15 is 0 Å². The molecule has 3 fully saturated rings. The molecular formula is C28H39FO2. The summed E-state index contributed by atoms with van der Waals surface area (Å²) >= 11 is 0. The summed E-state index contributed by atoms with van der Waals surface area (Å²) in [5.41, 5.74) is 0.641. The summed E-state index contributed by atoms with van der Waals surface area (Å²) in [4.78, 5) is 12.7. The SMILES string of the molecule is C=CCCc1ccc(OC(=O)C2CCC(C3CCC4CC(C)CCC4C3)CC2)cc1F. The predicted molar refractivity (Wildman–Crippen MR) is 123 cm³/mol. The maximum Gasteiger partial charge on any atom is 0.314 e. The van der Waals surface area contributed by atoms with Crippen LogP contribution in [0.15, 0.2) is 30.9 Å². The fraction of sp³-hybridized carbons (Fsp3) is 0.679. The van der Waals surface area contributed by atoms with Crippen LogP contribution >= 0.6 is 0 Å². The van der Waals surface area contributed by atoms with Gasteiger partial charge in [-0.2, -0.15) is 0 Å². The first-order chi connectivity index (χ1) is 15.0. The molecule has 4 rings (SSSR count). The molecule has 0 heterocycles. The zero-order valence-corrected chi connectivity index (χ0v) is 19.2. The van der Waals surface area contributed by atoms with Crippen LogP contribution in [-0.4, -0.2) is 5.97 Å². The summed E-state index contributed by atoms with van der Waals surface area (Å²) < 4.78 is 19.8. The second-order valence-corrected chi connectivity index (χ2v) is 10.6. The summed E-state index contributed by atoms with van der Waals surface area (Å²) in [5.74, 6) is 4.33. The molecule has 0 aliphatic heterocycles. The van der Waals surface area contributed by atoms with Crippen LogP contribution in [0.4, 0.5) is 4.39 Å². The highest BCUT2D eigenvalue weighted by molar-refractivity contribution is 5.75. The maximum atomic E-state index is 14.2. The van der Waals surface area contributed by atoms with Crippen molar-refractivity contribution >= 4 is 5.97 Å². The average Bonchev–Trinajstić information content (AvgIpc) is 2.78. The van der Waals surface area contributed by atoms with Crippen LogP contribution in [0.5, 0.6) is 5.75 Å². The largest absolute Gasteiger partial charge is 0.426 e. The van der Waals surface area contributed by atoms with Crippen LogP contribution in [-0.2, 0) is 11.2 Å². The van der Waals surface area contributed by atoms with Crippen LogP contribution in [0.1, 0.15) is 83.1 Å². The molecule has 0 radical (unpaired) electrons. The molecule has 3 saturated carbocycles. The topological polar surface area (TPSA) is 26.3 Å². The van der Waals surface area contributed by atoms with Crippen molar-refractivity contribution in [1.29, 1.82) is 0 Å². The lowest BCUT2D eigenvalue weighted by atomic mass is 9.61. The molecule has 0 N–H and O–H groups in total. The fourth-order valence-electron chi connectivity index (χ4n) is 6.67. The predicted octanol–water partition coefficient (Wildman–Crippen LogP) is 7.51. The average molecular weight is 427 g/mol. The summed E-state index contributed by atoms with van der Waals surface area (Å²) in [6, 6.07) is 4.79. The van der Waals surface area contributed by atoms with Gasteiger partial charge in [-0.1, -0.05) is 25.5 Å². The zero-order valence-electron chi connectivity index (χ0n) is 19.2. The van der Waals surface area contributed by atoms with Crippen molar-refractivity contribution in [3.8, 4) is 5.75 Å². The number of carbonyl (C=O) groups excluding carboxylic acids is 1. The molecule has 0 saturated heterocycles. The minimum absolute atomic E-state index is 0.0355. The molecular weight excluding hydrogens is 387 g/mol. The molecule has 0 spiro atoms. The van der Waals surface area contributed by atoms with Crippen molar-refractivity contribution in [1.82, 2.24) is 0 Å². The number of benzene rings is 1. The van der Waals surface area contributed by atoms with E-state index in [2.05, 4.69) is 13.5 Å². The van der Waals surface area contributed by atoms with E-state index in [4.69, 9.17) is 4.74 Å². The molecule has 0 amide bonds. The van der Waals surface area contributed by atoms with Gasteiger partial charge in [0.15, 0.2) is 0 Å². The van der Waals surface area contributed by atoms with Gasteiger partial charge in [0.25, 0.3) is 0 Å². The first kappa shape index (κ1) is 22.6. The minimum Gasteiger partial charge on any atom is -0.426 e. The number of ether oxygens (including phenoxy) is 1. The lowest BCUT2D eigenvalue weighted by Crippen LogP contribution is -2.35. The number of esters is 1. The number of carbonyl (C=O) groups is 1. The Kier molecular flexibility index (Phi) is 7.51. The summed E-state index contributed by atoms with van der Waals surface area (Å²) in [6.45, 7) is 6.10. The summed E-state index contributed by atoms with van der Waals surface area (Å²) in [7, 11) is 0. The fourth-order valence-corrected chi connectivity index (χ4v) is 6.67. The van der Waals surface area contributed by atoms with Crippen molar-refractivity contribution in [2.45, 2.75) is 84.0 Å². The Morgan fingerprint density at radius 2 is 1.65 bits per heavy atom. The van der Waals surface area contributed by atoms with Gasteiger partial charge in [-0.3, -0.25) is 4.79 Å². The number of allylic oxidation sites excluding steroid dienone is 1. The smallest absolute Gasteiger partial charge is 0.314 e. The Labute approximate surface area is 187 Å². The Bertz CT molecular complexity index is 764. The van der Waals surface area contributed by atoms with Crippen LogP contribution < -0.4 is 4.74 Å². The molecule has 170 valence electrons. The van der Waals surface area contributed by atoms with Gasteiger partial charge >= 0.3 is 5.97 Å². The molecule has 3 aliphatic rings. The Morgan fingerprint density at radius 3 is 2.35 bits per heavy atom. The maximum absolute atomic E-state index is 14.2. The van der Waals surface area contributed by atoms with Gasteiger partial charge in [0, 0.05) is 6.07 Å². The Balaban J connectivity index is 1.25. The van der Waals surface area contributed by atoms with E-state index in [1.165, 1.54) is 44.6 Å². The van der Waals surface area contributed by atoms with Crippen LogP contribution in [0.2, 0.25) is 0 Å². The van der Waals surface area contributed by atoms with E-state index < -0.39 is 0 Å². The van der Waals surface area contributed by atoms with E-state index in [0.717, 1.165) is 61.7 Å². The molecule has 1 aromatic carbocycles. The summed E-state index contributed by atoms with van der Waals surface area (Å²) in [6.07, 6.45) is 15.8. The van der Waals surface area contributed by atoms with Crippen LogP contribution in [0, 0.1) is 41.3 Å². The van der Waals surface area contributed by atoms with Crippen molar-refractivity contribution in [3.05, 3.63) is 42.2 Å². The Morgan fingerprint density at radius 1 is 1.00 bits per heavy atom. The number of rotatable bonds is 6. The van der Waals surface area contributed by atoms with E-state index in [1.54, 1.807) is 18.2 Å². The van der Waals surface area contributed by atoms with Gasteiger partial charge < -0.3 is 4.74 Å². The minimum atomic E-state index is -0.302. The van der Waals surface area contributed by atoms with E-state index in [0.29, 0.717) is 17.7 Å². The first-order valence-electron chi connectivity index (χ1n) is 12.6. The van der Waals surface area contributed by atoms with E-state index in [-0.39, 0.29) is 17.7 Å². The first-order valence-corrected chi connectivity index (χ1v) is 12.6. The van der Waals surface area contributed by atoms with E-state index in [1.807, 2.05) is 0 Å². The van der Waals surface area contributed by atoms with Gasteiger partial charge in [-0.15, -0.1) is 6.58 Å². The normalized spacial score (nSPS) is 33.4. The molecule has 0 bridgehead atoms. The van der Waals surface area contributed by atoms with Crippen LogP contribution in [0.3, 0.4) is 0 Å². The van der Waals surface area contributed by atoms with Crippen molar-refractivity contribution in [3.63, 3.8) is 0 Å². The number of hydrogen-bond donors (Lipinski definition) is 0. The number of halogens is 1. The monoisotopic (exact) mass is 426 g/mol. The molecule has 0 aromatic heterocycles. The second-order valence-electron chi connectivity index (χ2n) is 10.6. The van der Waals surface area contributed by atoms with Crippen molar-refractivity contribution < 1.29 is 13.9 Å². The van der Waals surface area contributed by atoms with Gasteiger partial charge in [-0.25, -0.2) is 4.39 Å². The molecule has 3 heteroatoms. The van der Waals surface area contributed by atoms with Gasteiger partial charge in [-0.05, 0) is 112 Å².